The zero-order chi connectivity index (χ0) is 16.8. The van der Waals surface area contributed by atoms with Crippen molar-refractivity contribution in [2.24, 2.45) is 5.92 Å². The van der Waals surface area contributed by atoms with Gasteiger partial charge in [-0.1, -0.05) is 43.1 Å². The molecule has 1 amide bonds. The number of anilines is 1. The first-order valence-electron chi connectivity index (χ1n) is 7.45. The Morgan fingerprint density at radius 1 is 1.13 bits per heavy atom. The van der Waals surface area contributed by atoms with Gasteiger partial charge in [0.25, 0.3) is 5.91 Å². The fourth-order valence-corrected chi connectivity index (χ4v) is 2.26. The van der Waals surface area contributed by atoms with E-state index in [0.717, 1.165) is 12.2 Å². The summed E-state index contributed by atoms with van der Waals surface area (Å²) in [6.07, 6.45) is 0.996. The van der Waals surface area contributed by atoms with Crippen LogP contribution in [0.4, 0.5) is 5.69 Å². The predicted octanol–water partition coefficient (Wildman–Crippen LogP) is 5.67. The average molecular weight is 352 g/mol. The minimum Gasteiger partial charge on any atom is -0.494 e. The van der Waals surface area contributed by atoms with Crippen LogP contribution in [0, 0.1) is 5.92 Å². The lowest BCUT2D eigenvalue weighted by atomic mass is 10.1. The van der Waals surface area contributed by atoms with Crippen LogP contribution in [0.25, 0.3) is 0 Å². The van der Waals surface area contributed by atoms with E-state index in [9.17, 15) is 4.79 Å². The van der Waals surface area contributed by atoms with E-state index in [2.05, 4.69) is 19.2 Å². The molecule has 0 aliphatic rings. The Balaban J connectivity index is 1.98. The first-order valence-corrected chi connectivity index (χ1v) is 8.21. The number of hydrogen-bond acceptors (Lipinski definition) is 2. The highest BCUT2D eigenvalue weighted by Crippen LogP contribution is 2.29. The smallest absolute Gasteiger partial charge is 0.255 e. The summed E-state index contributed by atoms with van der Waals surface area (Å²) in [7, 11) is 0. The van der Waals surface area contributed by atoms with Crippen molar-refractivity contribution in [3.8, 4) is 5.75 Å². The molecule has 1 N–H and O–H groups in total. The third kappa shape index (κ3) is 5.15. The molecule has 0 heterocycles. The summed E-state index contributed by atoms with van der Waals surface area (Å²) in [4.78, 5) is 12.2. The van der Waals surface area contributed by atoms with Gasteiger partial charge < -0.3 is 10.1 Å². The molecule has 2 aromatic carbocycles. The Morgan fingerprint density at radius 2 is 1.83 bits per heavy atom. The summed E-state index contributed by atoms with van der Waals surface area (Å²) >= 11 is 12.0. The van der Waals surface area contributed by atoms with Gasteiger partial charge in [0.1, 0.15) is 5.75 Å². The second-order valence-electron chi connectivity index (χ2n) is 5.61. The van der Waals surface area contributed by atoms with Crippen molar-refractivity contribution in [2.45, 2.75) is 20.3 Å². The van der Waals surface area contributed by atoms with E-state index in [-0.39, 0.29) is 5.91 Å². The number of halogens is 2. The van der Waals surface area contributed by atoms with Crippen LogP contribution >= 0.6 is 23.2 Å². The Morgan fingerprint density at radius 3 is 2.48 bits per heavy atom. The Hall–Kier alpha value is -1.71. The minimum absolute atomic E-state index is 0.247. The van der Waals surface area contributed by atoms with Gasteiger partial charge in [0.2, 0.25) is 0 Å². The maximum atomic E-state index is 12.2. The van der Waals surface area contributed by atoms with Crippen molar-refractivity contribution in [1.29, 1.82) is 0 Å². The lowest BCUT2D eigenvalue weighted by Crippen LogP contribution is -2.12. The van der Waals surface area contributed by atoms with Crippen molar-refractivity contribution in [3.63, 3.8) is 0 Å². The molecule has 2 rings (SSSR count). The molecule has 2 aromatic rings. The van der Waals surface area contributed by atoms with Crippen LogP contribution in [0.3, 0.4) is 0 Å². The maximum Gasteiger partial charge on any atom is 0.255 e. The van der Waals surface area contributed by atoms with Crippen molar-refractivity contribution in [2.75, 3.05) is 11.9 Å². The molecule has 0 bridgehead atoms. The van der Waals surface area contributed by atoms with Crippen LogP contribution in [-0.2, 0) is 0 Å². The molecule has 0 saturated heterocycles. The number of rotatable bonds is 6. The number of carbonyl (C=O) groups is 1. The van der Waals surface area contributed by atoms with Crippen LogP contribution in [0.2, 0.25) is 10.0 Å². The van der Waals surface area contributed by atoms with Gasteiger partial charge >= 0.3 is 0 Å². The largest absolute Gasteiger partial charge is 0.494 e. The summed E-state index contributed by atoms with van der Waals surface area (Å²) in [5, 5.41) is 3.48. The highest BCUT2D eigenvalue weighted by molar-refractivity contribution is 6.44. The third-order valence-electron chi connectivity index (χ3n) is 3.28. The highest BCUT2D eigenvalue weighted by atomic mass is 35.5. The molecule has 0 radical (unpaired) electrons. The first kappa shape index (κ1) is 17.6. The van der Waals surface area contributed by atoms with E-state index in [1.54, 1.807) is 42.5 Å². The lowest BCUT2D eigenvalue weighted by Gasteiger charge is -2.10. The quantitative estimate of drug-likeness (QED) is 0.727. The second kappa shape index (κ2) is 8.23. The van der Waals surface area contributed by atoms with Gasteiger partial charge in [-0.3, -0.25) is 4.79 Å². The lowest BCUT2D eigenvalue weighted by molar-refractivity contribution is 0.102. The molecular formula is C18H19Cl2NO2. The number of hydrogen-bond donors (Lipinski definition) is 1. The standard InChI is InChI=1S/C18H19Cl2NO2/c1-12(2)10-11-23-14-8-6-13(7-9-14)18(22)21-16-5-3-4-15(19)17(16)20/h3-9,12H,10-11H2,1-2H3,(H,21,22). The molecule has 0 aliphatic heterocycles. The topological polar surface area (TPSA) is 38.3 Å². The van der Waals surface area contributed by atoms with Crippen LogP contribution in [0.5, 0.6) is 5.75 Å². The monoisotopic (exact) mass is 351 g/mol. The van der Waals surface area contributed by atoms with Gasteiger partial charge in [-0.25, -0.2) is 0 Å². The SMILES string of the molecule is CC(C)CCOc1ccc(C(=O)Nc2cccc(Cl)c2Cl)cc1. The van der Waals surface area contributed by atoms with E-state index in [1.807, 2.05) is 0 Å². The van der Waals surface area contributed by atoms with Gasteiger partial charge in [-0.15, -0.1) is 0 Å². The van der Waals surface area contributed by atoms with E-state index >= 15 is 0 Å². The number of benzene rings is 2. The number of carbonyl (C=O) groups excluding carboxylic acids is 1. The molecule has 0 aliphatic carbocycles. The number of amides is 1. The first-order chi connectivity index (χ1) is 11.0. The molecule has 122 valence electrons. The summed E-state index contributed by atoms with van der Waals surface area (Å²) in [5.74, 6) is 1.10. The molecule has 0 aromatic heterocycles. The van der Waals surface area contributed by atoms with Crippen molar-refractivity contribution < 1.29 is 9.53 Å². The van der Waals surface area contributed by atoms with Crippen molar-refractivity contribution >= 4 is 34.8 Å². The Kier molecular flexibility index (Phi) is 6.31. The van der Waals surface area contributed by atoms with E-state index in [1.165, 1.54) is 0 Å². The van der Waals surface area contributed by atoms with Crippen LogP contribution in [0.15, 0.2) is 42.5 Å². The van der Waals surface area contributed by atoms with Crippen LogP contribution in [0.1, 0.15) is 30.6 Å². The van der Waals surface area contributed by atoms with Gasteiger partial charge in [0.05, 0.1) is 22.3 Å². The van der Waals surface area contributed by atoms with Crippen LogP contribution in [-0.4, -0.2) is 12.5 Å². The number of ether oxygens (including phenoxy) is 1. The molecule has 0 atom stereocenters. The molecule has 23 heavy (non-hydrogen) atoms. The van der Waals surface area contributed by atoms with Crippen molar-refractivity contribution in [3.05, 3.63) is 58.1 Å². The third-order valence-corrected chi connectivity index (χ3v) is 4.10. The minimum atomic E-state index is -0.247. The zero-order valence-electron chi connectivity index (χ0n) is 13.1. The summed E-state index contributed by atoms with van der Waals surface area (Å²) in [5.41, 5.74) is 1.01. The fourth-order valence-electron chi connectivity index (χ4n) is 1.91. The zero-order valence-corrected chi connectivity index (χ0v) is 14.6. The Labute approximate surface area is 146 Å². The molecule has 0 spiro atoms. The van der Waals surface area contributed by atoms with Crippen LogP contribution < -0.4 is 10.1 Å². The molecular weight excluding hydrogens is 333 g/mol. The maximum absolute atomic E-state index is 12.2. The molecule has 5 heteroatoms. The summed E-state index contributed by atoms with van der Waals surface area (Å²) < 4.78 is 5.63. The van der Waals surface area contributed by atoms with Crippen molar-refractivity contribution in [1.82, 2.24) is 0 Å². The Bertz CT molecular complexity index is 669. The summed E-state index contributed by atoms with van der Waals surface area (Å²) in [6.45, 7) is 4.97. The second-order valence-corrected chi connectivity index (χ2v) is 6.40. The molecule has 0 saturated carbocycles. The molecule has 0 unspecified atom stereocenters. The summed E-state index contributed by atoms with van der Waals surface area (Å²) in [6, 6.07) is 12.1. The van der Waals surface area contributed by atoms with Gasteiger partial charge in [0.15, 0.2) is 0 Å². The molecule has 3 nitrogen and oxygen atoms in total. The van der Waals surface area contributed by atoms with E-state index in [4.69, 9.17) is 27.9 Å². The highest BCUT2D eigenvalue weighted by Gasteiger charge is 2.10. The van der Waals surface area contributed by atoms with E-state index < -0.39 is 0 Å². The van der Waals surface area contributed by atoms with Gasteiger partial charge in [-0.2, -0.15) is 0 Å². The average Bonchev–Trinajstić information content (AvgIpc) is 2.52. The number of nitrogens with one attached hydrogen (secondary N) is 1. The van der Waals surface area contributed by atoms with Gasteiger partial charge in [-0.05, 0) is 48.7 Å². The molecule has 0 fully saturated rings. The van der Waals surface area contributed by atoms with E-state index in [0.29, 0.717) is 33.8 Å². The fraction of sp³-hybridized carbons (Fsp3) is 0.278. The predicted molar refractivity (Wildman–Crippen MR) is 95.8 cm³/mol. The normalized spacial score (nSPS) is 10.7. The van der Waals surface area contributed by atoms with Gasteiger partial charge in [0, 0.05) is 5.56 Å².